The second kappa shape index (κ2) is 12.0. The van der Waals surface area contributed by atoms with Crippen molar-refractivity contribution in [1.29, 1.82) is 0 Å². The molecule has 0 saturated heterocycles. The zero-order valence-corrected chi connectivity index (χ0v) is 14.0. The van der Waals surface area contributed by atoms with E-state index in [0.29, 0.717) is 19.1 Å². The molecule has 1 aromatic carbocycles. The quantitative estimate of drug-likeness (QED) is 0.594. The first-order valence-corrected chi connectivity index (χ1v) is 8.19. The summed E-state index contributed by atoms with van der Waals surface area (Å²) in [6.07, 6.45) is 3.26. The lowest BCUT2D eigenvalue weighted by Crippen LogP contribution is -2.23. The van der Waals surface area contributed by atoms with Crippen molar-refractivity contribution in [2.24, 2.45) is 0 Å². The number of methoxy groups -OCH3 is 1. The molecule has 1 unspecified atom stereocenters. The fraction of sp³-hybridized carbons (Fsp3) is 0.647. The first kappa shape index (κ1) is 18.4. The number of hydrogen-bond donors (Lipinski definition) is 1. The Morgan fingerprint density at radius 1 is 1.19 bits per heavy atom. The van der Waals surface area contributed by atoms with Crippen molar-refractivity contribution >= 4 is 11.6 Å². The van der Waals surface area contributed by atoms with E-state index in [0.717, 1.165) is 44.0 Å². The predicted molar refractivity (Wildman–Crippen MR) is 89.3 cm³/mol. The third kappa shape index (κ3) is 7.82. The molecule has 1 aromatic rings. The summed E-state index contributed by atoms with van der Waals surface area (Å²) in [6.45, 7) is 6.30. The van der Waals surface area contributed by atoms with Crippen LogP contribution in [0.25, 0.3) is 0 Å². The average molecular weight is 314 g/mol. The first-order valence-electron chi connectivity index (χ1n) is 7.81. The molecule has 0 aliphatic carbocycles. The molecule has 0 radical (unpaired) electrons. The SMILES string of the molecule is CCCNCC(CCCOCCOC)c1ccccc1Cl. The molecular weight excluding hydrogens is 286 g/mol. The van der Waals surface area contributed by atoms with E-state index in [9.17, 15) is 0 Å². The van der Waals surface area contributed by atoms with Crippen molar-refractivity contribution in [3.05, 3.63) is 34.9 Å². The van der Waals surface area contributed by atoms with Gasteiger partial charge in [0.2, 0.25) is 0 Å². The molecule has 0 spiro atoms. The van der Waals surface area contributed by atoms with Crippen molar-refractivity contribution in [1.82, 2.24) is 5.32 Å². The van der Waals surface area contributed by atoms with Gasteiger partial charge >= 0.3 is 0 Å². The summed E-state index contributed by atoms with van der Waals surface area (Å²) in [5, 5.41) is 4.36. The summed E-state index contributed by atoms with van der Waals surface area (Å²) >= 11 is 6.34. The van der Waals surface area contributed by atoms with Crippen molar-refractivity contribution in [3.8, 4) is 0 Å². The Labute approximate surface area is 134 Å². The van der Waals surface area contributed by atoms with E-state index in [1.54, 1.807) is 7.11 Å². The summed E-state index contributed by atoms with van der Waals surface area (Å²) in [7, 11) is 1.69. The molecule has 21 heavy (non-hydrogen) atoms. The number of ether oxygens (including phenoxy) is 2. The normalized spacial score (nSPS) is 12.5. The van der Waals surface area contributed by atoms with Gasteiger partial charge < -0.3 is 14.8 Å². The van der Waals surface area contributed by atoms with E-state index in [4.69, 9.17) is 21.1 Å². The van der Waals surface area contributed by atoms with Crippen molar-refractivity contribution in [3.63, 3.8) is 0 Å². The van der Waals surface area contributed by atoms with Crippen LogP contribution in [0, 0.1) is 0 Å². The molecule has 3 nitrogen and oxygen atoms in total. The van der Waals surface area contributed by atoms with E-state index in [1.807, 2.05) is 12.1 Å². The second-order valence-electron chi connectivity index (χ2n) is 5.17. The van der Waals surface area contributed by atoms with Gasteiger partial charge in [0.25, 0.3) is 0 Å². The molecule has 120 valence electrons. The van der Waals surface area contributed by atoms with Crippen LogP contribution in [-0.4, -0.2) is 40.0 Å². The molecule has 0 aliphatic rings. The van der Waals surface area contributed by atoms with Gasteiger partial charge in [-0.15, -0.1) is 0 Å². The minimum Gasteiger partial charge on any atom is -0.382 e. The minimum absolute atomic E-state index is 0.441. The van der Waals surface area contributed by atoms with E-state index < -0.39 is 0 Å². The fourth-order valence-corrected chi connectivity index (χ4v) is 2.59. The molecule has 0 saturated carbocycles. The van der Waals surface area contributed by atoms with E-state index >= 15 is 0 Å². The van der Waals surface area contributed by atoms with Crippen molar-refractivity contribution < 1.29 is 9.47 Å². The Hall–Kier alpha value is -0.610. The Morgan fingerprint density at radius 3 is 2.71 bits per heavy atom. The molecule has 1 atom stereocenters. The minimum atomic E-state index is 0.441. The summed E-state index contributed by atoms with van der Waals surface area (Å²) in [6, 6.07) is 8.14. The zero-order valence-electron chi connectivity index (χ0n) is 13.2. The van der Waals surface area contributed by atoms with Crippen LogP contribution in [0.5, 0.6) is 0 Å². The molecule has 0 aliphatic heterocycles. The monoisotopic (exact) mass is 313 g/mol. The van der Waals surface area contributed by atoms with Gasteiger partial charge in [0.1, 0.15) is 0 Å². The number of rotatable bonds is 12. The van der Waals surface area contributed by atoms with Gasteiger partial charge in [-0.05, 0) is 43.4 Å². The summed E-state index contributed by atoms with van der Waals surface area (Å²) in [4.78, 5) is 0. The van der Waals surface area contributed by atoms with Crippen LogP contribution in [0.15, 0.2) is 24.3 Å². The number of hydrogen-bond acceptors (Lipinski definition) is 3. The van der Waals surface area contributed by atoms with Crippen LogP contribution in [0.1, 0.15) is 37.7 Å². The lowest BCUT2D eigenvalue weighted by Gasteiger charge is -2.19. The van der Waals surface area contributed by atoms with Gasteiger partial charge in [-0.2, -0.15) is 0 Å². The van der Waals surface area contributed by atoms with Crippen molar-refractivity contribution in [2.75, 3.05) is 40.0 Å². The van der Waals surface area contributed by atoms with Crippen LogP contribution in [-0.2, 0) is 9.47 Å². The van der Waals surface area contributed by atoms with E-state index in [-0.39, 0.29) is 0 Å². The van der Waals surface area contributed by atoms with Gasteiger partial charge in [0.05, 0.1) is 13.2 Å². The summed E-state index contributed by atoms with van der Waals surface area (Å²) < 4.78 is 10.5. The van der Waals surface area contributed by atoms with Crippen LogP contribution < -0.4 is 5.32 Å². The Balaban J connectivity index is 2.43. The average Bonchev–Trinajstić information content (AvgIpc) is 2.50. The van der Waals surface area contributed by atoms with Crippen molar-refractivity contribution in [2.45, 2.75) is 32.1 Å². The molecule has 0 aromatic heterocycles. The summed E-state index contributed by atoms with van der Waals surface area (Å²) in [5.74, 6) is 0.441. The Kier molecular flexibility index (Phi) is 10.5. The van der Waals surface area contributed by atoms with E-state index in [2.05, 4.69) is 24.4 Å². The van der Waals surface area contributed by atoms with E-state index in [1.165, 1.54) is 5.56 Å². The molecule has 0 amide bonds. The summed E-state index contributed by atoms with van der Waals surface area (Å²) in [5.41, 5.74) is 1.24. The van der Waals surface area contributed by atoms with Gasteiger partial charge in [-0.25, -0.2) is 0 Å². The predicted octanol–water partition coefficient (Wildman–Crippen LogP) is 3.87. The molecule has 0 fully saturated rings. The largest absolute Gasteiger partial charge is 0.382 e. The Morgan fingerprint density at radius 2 is 2.00 bits per heavy atom. The van der Waals surface area contributed by atoms with Crippen LogP contribution >= 0.6 is 11.6 Å². The topological polar surface area (TPSA) is 30.5 Å². The third-order valence-electron chi connectivity index (χ3n) is 3.44. The van der Waals surface area contributed by atoms with Crippen LogP contribution in [0.3, 0.4) is 0 Å². The van der Waals surface area contributed by atoms with Crippen LogP contribution in [0.4, 0.5) is 0 Å². The molecule has 1 N–H and O–H groups in total. The van der Waals surface area contributed by atoms with Gasteiger partial charge in [-0.3, -0.25) is 0 Å². The highest BCUT2D eigenvalue weighted by Crippen LogP contribution is 2.27. The Bertz CT molecular complexity index is 374. The maximum Gasteiger partial charge on any atom is 0.0700 e. The standard InChI is InChI=1S/C17H28ClNO2/c1-3-10-19-14-15(7-6-11-21-13-12-20-2)16-8-4-5-9-17(16)18/h4-5,8-9,15,19H,3,6-7,10-14H2,1-2H3. The van der Waals surface area contributed by atoms with Crippen LogP contribution in [0.2, 0.25) is 5.02 Å². The molecule has 4 heteroatoms. The van der Waals surface area contributed by atoms with Gasteiger partial charge in [0.15, 0.2) is 0 Å². The smallest absolute Gasteiger partial charge is 0.0700 e. The maximum atomic E-state index is 6.34. The fourth-order valence-electron chi connectivity index (χ4n) is 2.30. The lowest BCUT2D eigenvalue weighted by molar-refractivity contribution is 0.0681. The van der Waals surface area contributed by atoms with Gasteiger partial charge in [-0.1, -0.05) is 36.7 Å². The third-order valence-corrected chi connectivity index (χ3v) is 3.78. The molecule has 0 bridgehead atoms. The maximum absolute atomic E-state index is 6.34. The van der Waals surface area contributed by atoms with Gasteiger partial charge in [0, 0.05) is 25.3 Å². The lowest BCUT2D eigenvalue weighted by atomic mass is 9.94. The first-order chi connectivity index (χ1) is 10.3. The number of halogens is 1. The number of benzene rings is 1. The highest BCUT2D eigenvalue weighted by atomic mass is 35.5. The molecular formula is C17H28ClNO2. The number of nitrogens with one attached hydrogen (secondary N) is 1. The molecule has 1 rings (SSSR count). The zero-order chi connectivity index (χ0) is 15.3. The second-order valence-corrected chi connectivity index (χ2v) is 5.58. The highest BCUT2D eigenvalue weighted by Gasteiger charge is 2.13. The highest BCUT2D eigenvalue weighted by molar-refractivity contribution is 6.31. The molecule has 0 heterocycles.